The molecule has 0 radical (unpaired) electrons. The van der Waals surface area contributed by atoms with Crippen LogP contribution in [0.4, 0.5) is 5.69 Å². The second-order valence-corrected chi connectivity index (χ2v) is 6.68. The molecule has 2 aliphatic heterocycles. The molecule has 4 heterocycles. The molecule has 2 aliphatic rings. The van der Waals surface area contributed by atoms with Crippen LogP contribution in [0.1, 0.15) is 13.8 Å². The predicted octanol–water partition coefficient (Wildman–Crippen LogP) is 0.866. The molecule has 1 N–H and O–H groups in total. The summed E-state index contributed by atoms with van der Waals surface area (Å²) in [7, 11) is 3.74. The molecule has 2 aromatic rings. The number of anilines is 1. The van der Waals surface area contributed by atoms with Crippen molar-refractivity contribution in [3.63, 3.8) is 0 Å². The monoisotopic (exact) mass is 356 g/mol. The highest BCUT2D eigenvalue weighted by atomic mass is 16.5. The van der Waals surface area contributed by atoms with Crippen molar-refractivity contribution in [2.75, 3.05) is 31.6 Å². The zero-order valence-corrected chi connectivity index (χ0v) is 15.6. The Kier molecular flexibility index (Phi) is 3.90. The summed E-state index contributed by atoms with van der Waals surface area (Å²) in [6, 6.07) is 4.06. The Morgan fingerprint density at radius 2 is 2.27 bits per heavy atom. The first-order valence-corrected chi connectivity index (χ1v) is 8.89. The van der Waals surface area contributed by atoms with Gasteiger partial charge in [0.05, 0.1) is 12.6 Å². The molecule has 0 saturated carbocycles. The number of hydrogen-bond acceptors (Lipinski definition) is 6. The maximum atomic E-state index is 12.0. The summed E-state index contributed by atoms with van der Waals surface area (Å²) in [6.45, 7) is 6.56. The normalized spacial score (nSPS) is 19.8. The lowest BCUT2D eigenvalue weighted by molar-refractivity contribution is 0.201. The third-order valence-electron chi connectivity index (χ3n) is 5.03. The van der Waals surface area contributed by atoms with Crippen molar-refractivity contribution in [1.82, 2.24) is 24.4 Å². The first-order valence-electron chi connectivity index (χ1n) is 8.89. The van der Waals surface area contributed by atoms with Gasteiger partial charge >= 0.3 is 5.69 Å². The van der Waals surface area contributed by atoms with Gasteiger partial charge in [0.25, 0.3) is 0 Å². The zero-order valence-electron chi connectivity index (χ0n) is 15.6. The van der Waals surface area contributed by atoms with Crippen LogP contribution in [0.3, 0.4) is 0 Å². The Labute approximate surface area is 152 Å². The number of hydrogen-bond donors (Lipinski definition) is 1. The number of fused-ring (bicyclic) bond motifs is 1. The number of aryl methyl sites for hydroxylation is 1. The number of dihydropyridines is 1. The van der Waals surface area contributed by atoms with E-state index in [1.54, 1.807) is 17.6 Å². The van der Waals surface area contributed by atoms with Gasteiger partial charge in [0.15, 0.2) is 11.4 Å². The van der Waals surface area contributed by atoms with E-state index in [4.69, 9.17) is 4.74 Å². The SMILES string of the molecule is CCN(C)C1=CC2=C(NC1C)N(c1ccn3c(=O)n(C)nc3c1)CCO2. The van der Waals surface area contributed by atoms with Gasteiger partial charge in [0.2, 0.25) is 0 Å². The Hall–Kier alpha value is -2.90. The van der Waals surface area contributed by atoms with Crippen molar-refractivity contribution in [1.29, 1.82) is 0 Å². The number of ether oxygens (including phenoxy) is 1. The van der Waals surface area contributed by atoms with Gasteiger partial charge in [-0.1, -0.05) is 0 Å². The van der Waals surface area contributed by atoms with Gasteiger partial charge in [0, 0.05) is 50.4 Å². The van der Waals surface area contributed by atoms with E-state index in [9.17, 15) is 4.79 Å². The van der Waals surface area contributed by atoms with E-state index in [0.717, 1.165) is 30.4 Å². The minimum absolute atomic E-state index is 0.145. The van der Waals surface area contributed by atoms with Gasteiger partial charge in [-0.3, -0.25) is 4.40 Å². The number of pyridine rings is 1. The molecule has 0 saturated heterocycles. The molecule has 2 aromatic heterocycles. The van der Waals surface area contributed by atoms with Crippen molar-refractivity contribution < 1.29 is 4.74 Å². The number of nitrogens with zero attached hydrogens (tertiary/aromatic N) is 5. The fraction of sp³-hybridized carbons (Fsp3) is 0.444. The molecular formula is C18H24N6O2. The zero-order chi connectivity index (χ0) is 18.4. The molecule has 4 rings (SSSR count). The van der Waals surface area contributed by atoms with E-state index < -0.39 is 0 Å². The van der Waals surface area contributed by atoms with Gasteiger partial charge in [-0.2, -0.15) is 5.10 Å². The van der Waals surface area contributed by atoms with Gasteiger partial charge in [-0.15, -0.1) is 0 Å². The van der Waals surface area contributed by atoms with Crippen LogP contribution in [0.2, 0.25) is 0 Å². The molecule has 1 atom stereocenters. The number of allylic oxidation sites excluding steroid dienone is 1. The number of rotatable bonds is 3. The standard InChI is InChI=1S/C18H24N6O2/c1-5-21(3)14-11-15-17(19-12(14)2)23(8-9-26-15)13-6-7-24-16(10-13)20-22(4)18(24)25/h6-7,10-12,19H,5,8-9H2,1-4H3. The molecule has 26 heavy (non-hydrogen) atoms. The Morgan fingerprint density at radius 1 is 1.46 bits per heavy atom. The molecule has 0 aromatic carbocycles. The highest BCUT2D eigenvalue weighted by molar-refractivity contribution is 5.60. The molecule has 138 valence electrons. The lowest BCUT2D eigenvalue weighted by Gasteiger charge is -2.39. The summed E-state index contributed by atoms with van der Waals surface area (Å²) in [5, 5.41) is 7.86. The minimum atomic E-state index is -0.145. The highest BCUT2D eigenvalue weighted by Crippen LogP contribution is 2.29. The topological polar surface area (TPSA) is 67.0 Å². The Balaban J connectivity index is 1.76. The third-order valence-corrected chi connectivity index (χ3v) is 5.03. The van der Waals surface area contributed by atoms with Gasteiger partial charge < -0.3 is 19.9 Å². The summed E-state index contributed by atoms with van der Waals surface area (Å²) in [6.07, 6.45) is 3.89. The number of nitrogens with one attached hydrogen (secondary N) is 1. The van der Waals surface area contributed by atoms with Crippen LogP contribution < -0.4 is 15.9 Å². The van der Waals surface area contributed by atoms with E-state index in [0.29, 0.717) is 12.3 Å². The van der Waals surface area contributed by atoms with Crippen LogP contribution in [-0.4, -0.2) is 51.9 Å². The molecule has 8 nitrogen and oxygen atoms in total. The van der Waals surface area contributed by atoms with Crippen molar-refractivity contribution in [2.24, 2.45) is 7.05 Å². The van der Waals surface area contributed by atoms with Gasteiger partial charge in [0.1, 0.15) is 12.4 Å². The van der Waals surface area contributed by atoms with Crippen LogP contribution in [0.15, 0.2) is 46.5 Å². The lowest BCUT2D eigenvalue weighted by atomic mass is 10.1. The van der Waals surface area contributed by atoms with Crippen LogP contribution in [0.5, 0.6) is 0 Å². The van der Waals surface area contributed by atoms with E-state index >= 15 is 0 Å². The van der Waals surface area contributed by atoms with E-state index in [1.807, 2.05) is 12.1 Å². The van der Waals surface area contributed by atoms with Crippen LogP contribution >= 0.6 is 0 Å². The first kappa shape index (κ1) is 16.6. The Morgan fingerprint density at radius 3 is 3.04 bits per heavy atom. The van der Waals surface area contributed by atoms with Crippen molar-refractivity contribution >= 4 is 11.3 Å². The molecular weight excluding hydrogens is 332 g/mol. The van der Waals surface area contributed by atoms with Gasteiger partial charge in [-0.05, 0) is 19.9 Å². The molecule has 0 bridgehead atoms. The predicted molar refractivity (Wildman–Crippen MR) is 99.7 cm³/mol. The summed E-state index contributed by atoms with van der Waals surface area (Å²) in [5.74, 6) is 1.81. The Bertz CT molecular complexity index is 970. The van der Waals surface area contributed by atoms with Crippen molar-refractivity contribution in [3.8, 4) is 0 Å². The average Bonchev–Trinajstić information content (AvgIpc) is 2.93. The summed E-state index contributed by atoms with van der Waals surface area (Å²) < 4.78 is 8.81. The molecule has 0 aliphatic carbocycles. The second kappa shape index (κ2) is 6.12. The van der Waals surface area contributed by atoms with E-state index in [1.165, 1.54) is 10.4 Å². The van der Waals surface area contributed by atoms with Crippen molar-refractivity contribution in [2.45, 2.75) is 19.9 Å². The van der Waals surface area contributed by atoms with Gasteiger partial charge in [-0.25, -0.2) is 9.48 Å². The fourth-order valence-electron chi connectivity index (χ4n) is 3.48. The molecule has 0 fully saturated rings. The van der Waals surface area contributed by atoms with Crippen molar-refractivity contribution in [3.05, 3.63) is 52.2 Å². The minimum Gasteiger partial charge on any atom is -0.488 e. The number of likely N-dealkylation sites (N-methyl/N-ethyl adjacent to an activating group) is 1. The molecule has 0 spiro atoms. The first-order chi connectivity index (χ1) is 12.5. The molecule has 1 unspecified atom stereocenters. The second-order valence-electron chi connectivity index (χ2n) is 6.68. The highest BCUT2D eigenvalue weighted by Gasteiger charge is 2.29. The lowest BCUT2D eigenvalue weighted by Crippen LogP contribution is -2.47. The van der Waals surface area contributed by atoms with Crippen LogP contribution in [-0.2, 0) is 11.8 Å². The average molecular weight is 356 g/mol. The smallest absolute Gasteiger partial charge is 0.350 e. The largest absolute Gasteiger partial charge is 0.488 e. The van der Waals surface area contributed by atoms with E-state index in [-0.39, 0.29) is 11.7 Å². The molecule has 8 heteroatoms. The maximum Gasteiger partial charge on any atom is 0.350 e. The third kappa shape index (κ3) is 2.53. The summed E-state index contributed by atoms with van der Waals surface area (Å²) in [4.78, 5) is 16.4. The number of aromatic nitrogens is 3. The fourth-order valence-corrected chi connectivity index (χ4v) is 3.48. The quantitative estimate of drug-likeness (QED) is 0.880. The summed E-state index contributed by atoms with van der Waals surface area (Å²) in [5.41, 5.74) is 2.68. The summed E-state index contributed by atoms with van der Waals surface area (Å²) >= 11 is 0. The molecule has 0 amide bonds. The van der Waals surface area contributed by atoms with Crippen LogP contribution in [0, 0.1) is 0 Å². The van der Waals surface area contributed by atoms with E-state index in [2.05, 4.69) is 47.2 Å². The van der Waals surface area contributed by atoms with Crippen LogP contribution in [0.25, 0.3) is 5.65 Å². The maximum absolute atomic E-state index is 12.0.